The van der Waals surface area contributed by atoms with Gasteiger partial charge in [0.1, 0.15) is 12.1 Å². The lowest BCUT2D eigenvalue weighted by atomic mass is 9.77. The predicted octanol–water partition coefficient (Wildman–Crippen LogP) is 0.587. The first-order chi connectivity index (χ1) is 8.82. The first-order valence-corrected chi connectivity index (χ1v) is 6.21. The van der Waals surface area contributed by atoms with Crippen molar-refractivity contribution in [3.8, 4) is 0 Å². The Kier molecular flexibility index (Phi) is 4.74. The van der Waals surface area contributed by atoms with Crippen LogP contribution in [-0.4, -0.2) is 53.2 Å². The van der Waals surface area contributed by atoms with E-state index in [1.165, 1.54) is 12.0 Å². The molecule has 1 saturated carbocycles. The maximum atomic E-state index is 12.1. The zero-order chi connectivity index (χ0) is 14.6. The number of carbonyl (C=O) groups excluding carboxylic acids is 2. The van der Waals surface area contributed by atoms with Gasteiger partial charge < -0.3 is 20.1 Å². The van der Waals surface area contributed by atoms with Crippen LogP contribution >= 0.6 is 0 Å². The monoisotopic (exact) mass is 272 g/mol. The third-order valence-corrected chi connectivity index (χ3v) is 3.37. The number of hydrogen-bond acceptors (Lipinski definition) is 4. The summed E-state index contributed by atoms with van der Waals surface area (Å²) in [4.78, 5) is 35.8. The van der Waals surface area contributed by atoms with Gasteiger partial charge in [-0.25, -0.2) is 9.59 Å². The minimum absolute atomic E-state index is 0.199. The van der Waals surface area contributed by atoms with Crippen LogP contribution in [0.15, 0.2) is 0 Å². The lowest BCUT2D eigenvalue weighted by molar-refractivity contribution is -0.148. The molecular weight excluding hydrogens is 252 g/mol. The number of aliphatic carboxylic acids is 1. The normalized spacial score (nSPS) is 16.4. The van der Waals surface area contributed by atoms with Crippen molar-refractivity contribution in [3.63, 3.8) is 0 Å². The van der Waals surface area contributed by atoms with Crippen LogP contribution in [0.3, 0.4) is 0 Å². The Balaban J connectivity index is 2.72. The standard InChI is InChI=1S/C12H20N2O5/c1-8(2)14(7-9(15)19-3)11(18)13-12(10(16)17)5-4-6-12/h8H,4-7H2,1-3H3,(H,13,18)(H,16,17). The molecule has 0 aromatic carbocycles. The van der Waals surface area contributed by atoms with Crippen molar-refractivity contribution in [2.75, 3.05) is 13.7 Å². The topological polar surface area (TPSA) is 95.9 Å². The van der Waals surface area contributed by atoms with E-state index in [0.717, 1.165) is 6.42 Å². The third-order valence-electron chi connectivity index (χ3n) is 3.37. The van der Waals surface area contributed by atoms with Crippen molar-refractivity contribution >= 4 is 18.0 Å². The Morgan fingerprint density at radius 3 is 2.26 bits per heavy atom. The van der Waals surface area contributed by atoms with E-state index in [1.54, 1.807) is 13.8 Å². The number of carboxylic acids is 1. The number of ether oxygens (including phenoxy) is 1. The molecule has 1 rings (SSSR count). The fourth-order valence-corrected chi connectivity index (χ4v) is 1.89. The molecule has 19 heavy (non-hydrogen) atoms. The third kappa shape index (κ3) is 3.36. The number of nitrogens with one attached hydrogen (secondary N) is 1. The lowest BCUT2D eigenvalue weighted by Crippen LogP contribution is -2.62. The highest BCUT2D eigenvalue weighted by molar-refractivity contribution is 5.88. The van der Waals surface area contributed by atoms with E-state index >= 15 is 0 Å². The zero-order valence-corrected chi connectivity index (χ0v) is 11.4. The molecule has 2 amide bonds. The molecule has 1 fully saturated rings. The smallest absolute Gasteiger partial charge is 0.329 e. The van der Waals surface area contributed by atoms with E-state index in [1.807, 2.05) is 0 Å². The second kappa shape index (κ2) is 5.90. The Labute approximate surface area is 111 Å². The number of urea groups is 1. The molecule has 0 radical (unpaired) electrons. The van der Waals surface area contributed by atoms with Gasteiger partial charge in [-0.1, -0.05) is 0 Å². The number of amides is 2. The largest absolute Gasteiger partial charge is 0.480 e. The molecule has 0 aromatic heterocycles. The molecule has 0 heterocycles. The quantitative estimate of drug-likeness (QED) is 0.714. The molecule has 0 atom stereocenters. The molecule has 0 aliphatic heterocycles. The van der Waals surface area contributed by atoms with Crippen molar-refractivity contribution in [2.24, 2.45) is 0 Å². The number of carboxylic acid groups (broad SMARTS) is 1. The van der Waals surface area contributed by atoms with Crippen LogP contribution in [0.4, 0.5) is 4.79 Å². The van der Waals surface area contributed by atoms with Crippen LogP contribution in [0.5, 0.6) is 0 Å². The molecule has 0 saturated heterocycles. The van der Waals surface area contributed by atoms with Gasteiger partial charge in [-0.15, -0.1) is 0 Å². The highest BCUT2D eigenvalue weighted by Crippen LogP contribution is 2.32. The molecule has 0 unspecified atom stereocenters. The van der Waals surface area contributed by atoms with Crippen LogP contribution in [0.2, 0.25) is 0 Å². The Hall–Kier alpha value is -1.79. The first kappa shape index (κ1) is 15.3. The van der Waals surface area contributed by atoms with E-state index < -0.39 is 23.5 Å². The first-order valence-electron chi connectivity index (χ1n) is 6.21. The number of hydrogen-bond donors (Lipinski definition) is 2. The number of carbonyl (C=O) groups is 3. The van der Waals surface area contributed by atoms with Crippen molar-refractivity contribution in [3.05, 3.63) is 0 Å². The molecule has 7 nitrogen and oxygen atoms in total. The number of methoxy groups -OCH3 is 1. The number of nitrogens with zero attached hydrogens (tertiary/aromatic N) is 1. The van der Waals surface area contributed by atoms with Gasteiger partial charge in [0.15, 0.2) is 0 Å². The van der Waals surface area contributed by atoms with Gasteiger partial charge in [-0.2, -0.15) is 0 Å². The summed E-state index contributed by atoms with van der Waals surface area (Å²) >= 11 is 0. The average molecular weight is 272 g/mol. The fourth-order valence-electron chi connectivity index (χ4n) is 1.89. The highest BCUT2D eigenvalue weighted by atomic mass is 16.5. The van der Waals surface area contributed by atoms with Gasteiger partial charge in [0.2, 0.25) is 0 Å². The van der Waals surface area contributed by atoms with Crippen LogP contribution in [0.1, 0.15) is 33.1 Å². The summed E-state index contributed by atoms with van der Waals surface area (Å²) in [6.45, 7) is 3.29. The van der Waals surface area contributed by atoms with Gasteiger partial charge in [0.25, 0.3) is 0 Å². The SMILES string of the molecule is COC(=O)CN(C(=O)NC1(C(=O)O)CCC1)C(C)C. The summed E-state index contributed by atoms with van der Waals surface area (Å²) in [7, 11) is 1.24. The molecule has 1 aliphatic carbocycles. The van der Waals surface area contributed by atoms with E-state index in [4.69, 9.17) is 5.11 Å². The summed E-state index contributed by atoms with van der Waals surface area (Å²) in [6, 6.07) is -0.785. The van der Waals surface area contributed by atoms with E-state index in [2.05, 4.69) is 10.1 Å². The Morgan fingerprint density at radius 1 is 1.37 bits per heavy atom. The maximum Gasteiger partial charge on any atom is 0.329 e. The molecular formula is C12H20N2O5. The fraction of sp³-hybridized carbons (Fsp3) is 0.750. The molecule has 0 bridgehead atoms. The van der Waals surface area contributed by atoms with Crippen molar-refractivity contribution < 1.29 is 24.2 Å². The second-order valence-corrected chi connectivity index (χ2v) is 4.97. The summed E-state index contributed by atoms with van der Waals surface area (Å²) in [5.41, 5.74) is -1.18. The van der Waals surface area contributed by atoms with E-state index in [-0.39, 0.29) is 12.6 Å². The summed E-state index contributed by atoms with van der Waals surface area (Å²) in [5.74, 6) is -1.57. The Bertz CT molecular complexity index is 376. The van der Waals surface area contributed by atoms with Gasteiger partial charge in [-0.3, -0.25) is 4.79 Å². The highest BCUT2D eigenvalue weighted by Gasteiger charge is 2.46. The summed E-state index contributed by atoms with van der Waals surface area (Å²) in [5, 5.41) is 11.7. The Morgan fingerprint density at radius 2 is 1.95 bits per heavy atom. The molecule has 108 valence electrons. The predicted molar refractivity (Wildman–Crippen MR) is 66.6 cm³/mol. The molecule has 0 spiro atoms. The van der Waals surface area contributed by atoms with Crippen molar-refractivity contribution in [1.82, 2.24) is 10.2 Å². The van der Waals surface area contributed by atoms with Gasteiger partial charge in [0.05, 0.1) is 7.11 Å². The minimum atomic E-state index is -1.18. The maximum absolute atomic E-state index is 12.1. The zero-order valence-electron chi connectivity index (χ0n) is 11.4. The lowest BCUT2D eigenvalue weighted by Gasteiger charge is -2.40. The molecule has 0 aromatic rings. The number of rotatable bonds is 5. The van der Waals surface area contributed by atoms with E-state index in [9.17, 15) is 14.4 Å². The molecule has 2 N–H and O–H groups in total. The number of esters is 1. The van der Waals surface area contributed by atoms with Crippen LogP contribution < -0.4 is 5.32 Å². The molecule has 1 aliphatic rings. The van der Waals surface area contributed by atoms with Gasteiger partial charge >= 0.3 is 18.0 Å². The van der Waals surface area contributed by atoms with Crippen LogP contribution in [0, 0.1) is 0 Å². The van der Waals surface area contributed by atoms with Gasteiger partial charge in [-0.05, 0) is 33.1 Å². The molecule has 7 heteroatoms. The van der Waals surface area contributed by atoms with Crippen molar-refractivity contribution in [1.29, 1.82) is 0 Å². The van der Waals surface area contributed by atoms with E-state index in [0.29, 0.717) is 12.8 Å². The van der Waals surface area contributed by atoms with Crippen molar-refractivity contribution in [2.45, 2.75) is 44.7 Å². The average Bonchev–Trinajstić information content (AvgIpc) is 2.28. The van der Waals surface area contributed by atoms with Crippen LogP contribution in [-0.2, 0) is 14.3 Å². The minimum Gasteiger partial charge on any atom is -0.480 e. The summed E-state index contributed by atoms with van der Waals surface area (Å²) < 4.78 is 4.52. The summed E-state index contributed by atoms with van der Waals surface area (Å²) in [6.07, 6.45) is 1.60. The van der Waals surface area contributed by atoms with Gasteiger partial charge in [0, 0.05) is 6.04 Å². The van der Waals surface area contributed by atoms with Crippen LogP contribution in [0.25, 0.3) is 0 Å². The second-order valence-electron chi connectivity index (χ2n) is 4.97.